The van der Waals surface area contributed by atoms with Crippen LogP contribution in [0.15, 0.2) is 48.8 Å². The van der Waals surface area contributed by atoms with Crippen molar-refractivity contribution in [2.75, 3.05) is 4.90 Å². The smallest absolute Gasteiger partial charge is 0.244 e. The lowest BCUT2D eigenvalue weighted by Gasteiger charge is -2.32. The Morgan fingerprint density at radius 2 is 2.05 bits per heavy atom. The van der Waals surface area contributed by atoms with E-state index in [1.165, 1.54) is 0 Å². The molecule has 0 bridgehead atoms. The fourth-order valence-corrected chi connectivity index (χ4v) is 2.41. The van der Waals surface area contributed by atoms with Crippen molar-refractivity contribution >= 4 is 11.6 Å². The number of carbonyl (C=O) groups is 1. The standard InChI is InChI=1S/C15H15N3O/c16-13-8-12-9-17-7-6-14(12)18(15(13)19)10-11-4-2-1-3-5-11/h1-7,9,13H,8,10,16H2. The minimum atomic E-state index is -0.472. The average molecular weight is 253 g/mol. The Balaban J connectivity index is 1.97. The van der Waals surface area contributed by atoms with Gasteiger partial charge in [-0.25, -0.2) is 0 Å². The normalized spacial score (nSPS) is 18.3. The summed E-state index contributed by atoms with van der Waals surface area (Å²) in [6.07, 6.45) is 4.06. The molecule has 1 aromatic heterocycles. The molecule has 1 unspecified atom stereocenters. The Hall–Kier alpha value is -2.20. The third kappa shape index (κ3) is 2.22. The molecule has 4 nitrogen and oxygen atoms in total. The summed E-state index contributed by atoms with van der Waals surface area (Å²) in [5.74, 6) is -0.0254. The molecule has 19 heavy (non-hydrogen) atoms. The molecule has 1 atom stereocenters. The van der Waals surface area contributed by atoms with Gasteiger partial charge in [0.2, 0.25) is 5.91 Å². The van der Waals surface area contributed by atoms with Crippen molar-refractivity contribution in [2.45, 2.75) is 19.0 Å². The topological polar surface area (TPSA) is 59.2 Å². The van der Waals surface area contributed by atoms with Gasteiger partial charge in [-0.1, -0.05) is 30.3 Å². The molecule has 4 heteroatoms. The van der Waals surface area contributed by atoms with Crippen molar-refractivity contribution < 1.29 is 4.79 Å². The van der Waals surface area contributed by atoms with E-state index in [1.807, 2.05) is 36.4 Å². The second-order valence-corrected chi connectivity index (χ2v) is 4.72. The Kier molecular flexibility index (Phi) is 3.01. The molecule has 96 valence electrons. The average Bonchev–Trinajstić information content (AvgIpc) is 2.45. The molecule has 1 aliphatic heterocycles. The number of carbonyl (C=O) groups excluding carboxylic acids is 1. The van der Waals surface area contributed by atoms with Gasteiger partial charge in [-0.2, -0.15) is 0 Å². The molecule has 3 rings (SSSR count). The molecule has 2 aromatic rings. The molecule has 2 N–H and O–H groups in total. The first-order valence-electron chi connectivity index (χ1n) is 6.29. The summed E-state index contributed by atoms with van der Waals surface area (Å²) >= 11 is 0. The maximum absolute atomic E-state index is 12.3. The third-order valence-electron chi connectivity index (χ3n) is 3.38. The molecule has 1 aromatic carbocycles. The van der Waals surface area contributed by atoms with E-state index in [4.69, 9.17) is 5.73 Å². The highest BCUT2D eigenvalue weighted by Crippen LogP contribution is 2.27. The summed E-state index contributed by atoms with van der Waals surface area (Å²) in [4.78, 5) is 18.1. The van der Waals surface area contributed by atoms with E-state index < -0.39 is 6.04 Å². The van der Waals surface area contributed by atoms with Crippen molar-refractivity contribution in [1.29, 1.82) is 0 Å². The van der Waals surface area contributed by atoms with Crippen molar-refractivity contribution in [2.24, 2.45) is 5.73 Å². The first-order chi connectivity index (χ1) is 9.25. The minimum Gasteiger partial charge on any atom is -0.320 e. The van der Waals surface area contributed by atoms with Gasteiger partial charge in [-0.05, 0) is 17.2 Å². The zero-order chi connectivity index (χ0) is 13.2. The zero-order valence-electron chi connectivity index (χ0n) is 10.5. The van der Waals surface area contributed by atoms with Crippen LogP contribution in [0.5, 0.6) is 0 Å². The predicted molar refractivity (Wildman–Crippen MR) is 73.5 cm³/mol. The van der Waals surface area contributed by atoms with Gasteiger partial charge in [0, 0.05) is 18.8 Å². The number of nitrogens with zero attached hydrogens (tertiary/aromatic N) is 2. The minimum absolute atomic E-state index is 0.0254. The van der Waals surface area contributed by atoms with Crippen molar-refractivity contribution in [1.82, 2.24) is 4.98 Å². The number of hydrogen-bond acceptors (Lipinski definition) is 3. The maximum Gasteiger partial charge on any atom is 0.244 e. The molecule has 0 radical (unpaired) electrons. The van der Waals surface area contributed by atoms with Crippen molar-refractivity contribution in [3.8, 4) is 0 Å². The maximum atomic E-state index is 12.3. The lowest BCUT2D eigenvalue weighted by molar-refractivity contribution is -0.120. The molecule has 0 spiro atoms. The number of pyridine rings is 1. The SMILES string of the molecule is NC1Cc2cnccc2N(Cc2ccccc2)C1=O. The number of hydrogen-bond donors (Lipinski definition) is 1. The van der Waals surface area contributed by atoms with Crippen LogP contribution in [-0.2, 0) is 17.8 Å². The fraction of sp³-hybridized carbons (Fsp3) is 0.200. The molecular weight excluding hydrogens is 238 g/mol. The highest BCUT2D eigenvalue weighted by Gasteiger charge is 2.30. The van der Waals surface area contributed by atoms with Crippen molar-refractivity contribution in [3.05, 3.63) is 59.9 Å². The lowest BCUT2D eigenvalue weighted by Crippen LogP contribution is -2.48. The van der Waals surface area contributed by atoms with E-state index in [1.54, 1.807) is 17.3 Å². The van der Waals surface area contributed by atoms with Crippen LogP contribution in [0.3, 0.4) is 0 Å². The quantitative estimate of drug-likeness (QED) is 0.882. The van der Waals surface area contributed by atoms with Gasteiger partial charge in [0.25, 0.3) is 0 Å². The van der Waals surface area contributed by atoms with Gasteiger partial charge in [0.05, 0.1) is 18.3 Å². The summed E-state index contributed by atoms with van der Waals surface area (Å²) in [6.45, 7) is 0.546. The highest BCUT2D eigenvalue weighted by atomic mass is 16.2. The highest BCUT2D eigenvalue weighted by molar-refractivity contribution is 5.99. The number of anilines is 1. The summed E-state index contributed by atoms with van der Waals surface area (Å²) in [5, 5.41) is 0. The van der Waals surface area contributed by atoms with Crippen LogP contribution in [0, 0.1) is 0 Å². The number of rotatable bonds is 2. The van der Waals surface area contributed by atoms with Crippen LogP contribution in [0.25, 0.3) is 0 Å². The number of aromatic nitrogens is 1. The van der Waals surface area contributed by atoms with E-state index in [9.17, 15) is 4.79 Å². The number of nitrogens with two attached hydrogens (primary N) is 1. The predicted octanol–water partition coefficient (Wildman–Crippen LogP) is 1.50. The molecule has 1 amide bonds. The first-order valence-corrected chi connectivity index (χ1v) is 6.29. The lowest BCUT2D eigenvalue weighted by atomic mass is 9.99. The molecule has 0 saturated heterocycles. The van der Waals surface area contributed by atoms with Gasteiger partial charge in [-0.3, -0.25) is 9.78 Å². The van der Waals surface area contributed by atoms with Gasteiger partial charge in [0.1, 0.15) is 0 Å². The Labute approximate surface area is 111 Å². The summed E-state index contributed by atoms with van der Waals surface area (Å²) in [6, 6.07) is 11.3. The number of fused-ring (bicyclic) bond motifs is 1. The van der Waals surface area contributed by atoms with Crippen LogP contribution in [-0.4, -0.2) is 16.9 Å². The zero-order valence-corrected chi connectivity index (χ0v) is 10.5. The fourth-order valence-electron chi connectivity index (χ4n) is 2.41. The second-order valence-electron chi connectivity index (χ2n) is 4.72. The van der Waals surface area contributed by atoms with Crippen LogP contribution in [0.4, 0.5) is 5.69 Å². The molecule has 1 aliphatic rings. The molecular formula is C15H15N3O. The van der Waals surface area contributed by atoms with E-state index in [0.717, 1.165) is 16.8 Å². The van der Waals surface area contributed by atoms with Gasteiger partial charge in [0.15, 0.2) is 0 Å². The van der Waals surface area contributed by atoms with Gasteiger partial charge < -0.3 is 10.6 Å². The summed E-state index contributed by atoms with van der Waals surface area (Å²) in [7, 11) is 0. The summed E-state index contributed by atoms with van der Waals surface area (Å²) in [5.41, 5.74) is 8.96. The summed E-state index contributed by atoms with van der Waals surface area (Å²) < 4.78 is 0. The van der Waals surface area contributed by atoms with Crippen LogP contribution >= 0.6 is 0 Å². The second kappa shape index (κ2) is 4.82. The van der Waals surface area contributed by atoms with E-state index >= 15 is 0 Å². The van der Waals surface area contributed by atoms with E-state index in [2.05, 4.69) is 4.98 Å². The Bertz CT molecular complexity index is 597. The largest absolute Gasteiger partial charge is 0.320 e. The van der Waals surface area contributed by atoms with Crippen LogP contribution in [0.2, 0.25) is 0 Å². The van der Waals surface area contributed by atoms with E-state index in [-0.39, 0.29) is 5.91 Å². The third-order valence-corrected chi connectivity index (χ3v) is 3.38. The molecule has 2 heterocycles. The molecule has 0 aliphatic carbocycles. The Morgan fingerprint density at radius 3 is 2.84 bits per heavy atom. The van der Waals surface area contributed by atoms with Crippen LogP contribution in [0.1, 0.15) is 11.1 Å². The number of benzene rings is 1. The van der Waals surface area contributed by atoms with Gasteiger partial charge in [-0.15, -0.1) is 0 Å². The first kappa shape index (κ1) is 11.9. The van der Waals surface area contributed by atoms with Crippen LogP contribution < -0.4 is 10.6 Å². The van der Waals surface area contributed by atoms with E-state index in [0.29, 0.717) is 13.0 Å². The Morgan fingerprint density at radius 1 is 1.26 bits per heavy atom. The monoisotopic (exact) mass is 253 g/mol. The van der Waals surface area contributed by atoms with Crippen molar-refractivity contribution in [3.63, 3.8) is 0 Å². The van der Waals surface area contributed by atoms with Gasteiger partial charge >= 0.3 is 0 Å². The molecule has 0 saturated carbocycles. The molecule has 0 fully saturated rings. The number of amides is 1.